The summed E-state index contributed by atoms with van der Waals surface area (Å²) < 4.78 is 13.4. The van der Waals surface area contributed by atoms with E-state index in [0.717, 1.165) is 43.6 Å². The molecule has 0 bridgehead atoms. The van der Waals surface area contributed by atoms with Gasteiger partial charge in [-0.3, -0.25) is 9.59 Å². The zero-order chi connectivity index (χ0) is 27.0. The molecule has 1 N–H and O–H groups in total. The van der Waals surface area contributed by atoms with E-state index in [1.165, 1.54) is 49.8 Å². The zero-order valence-electron chi connectivity index (χ0n) is 24.8. The summed E-state index contributed by atoms with van der Waals surface area (Å²) in [6.45, 7) is 10.8. The first-order valence-electron chi connectivity index (χ1n) is 15.8. The maximum atomic E-state index is 12.5. The van der Waals surface area contributed by atoms with Crippen LogP contribution in [0.4, 0.5) is 0 Å². The first-order valence-corrected chi connectivity index (χ1v) is 15.8. The molecule has 0 aromatic heterocycles. The predicted octanol–water partition coefficient (Wildman–Crippen LogP) is 5.40. The second-order valence-electron chi connectivity index (χ2n) is 15.2. The summed E-state index contributed by atoms with van der Waals surface area (Å²) in [6.07, 6.45) is 12.5. The van der Waals surface area contributed by atoms with Crippen molar-refractivity contribution in [3.05, 3.63) is 0 Å². The number of amides is 2. The third kappa shape index (κ3) is 4.09. The van der Waals surface area contributed by atoms with Crippen LogP contribution in [0, 0.1) is 52.3 Å². The van der Waals surface area contributed by atoms with Gasteiger partial charge in [-0.15, -0.1) is 0 Å². The molecule has 214 valence electrons. The van der Waals surface area contributed by atoms with Gasteiger partial charge >= 0.3 is 0 Å². The van der Waals surface area contributed by atoms with Crippen molar-refractivity contribution >= 4 is 11.8 Å². The van der Waals surface area contributed by atoms with Crippen LogP contribution >= 0.6 is 0 Å². The number of hydrogen-bond donors (Lipinski definition) is 1. The summed E-state index contributed by atoms with van der Waals surface area (Å²) in [5.74, 6) is 4.25. The van der Waals surface area contributed by atoms with Gasteiger partial charge in [0.25, 0.3) is 0 Å². The molecule has 2 aliphatic heterocycles. The van der Waals surface area contributed by atoms with Crippen LogP contribution in [0.15, 0.2) is 0 Å². The second-order valence-corrected chi connectivity index (χ2v) is 15.2. The lowest BCUT2D eigenvalue weighted by atomic mass is 9.44. The number of carbonyl (C=O) groups excluding carboxylic acids is 2. The van der Waals surface area contributed by atoms with Crippen LogP contribution in [0.1, 0.15) is 98.3 Å². The van der Waals surface area contributed by atoms with Gasteiger partial charge in [-0.05, 0) is 104 Å². The van der Waals surface area contributed by atoms with E-state index < -0.39 is 0 Å². The predicted molar refractivity (Wildman–Crippen MR) is 147 cm³/mol. The molecular weight excluding hydrogens is 476 g/mol. The maximum absolute atomic E-state index is 12.5. The van der Waals surface area contributed by atoms with Crippen molar-refractivity contribution in [3.8, 4) is 0 Å². The lowest BCUT2D eigenvalue weighted by Crippen LogP contribution is -2.56. The molecule has 0 aromatic rings. The van der Waals surface area contributed by atoms with Crippen molar-refractivity contribution in [1.82, 2.24) is 10.2 Å². The van der Waals surface area contributed by atoms with Gasteiger partial charge < -0.3 is 19.7 Å². The third-order valence-electron chi connectivity index (χ3n) is 13.1. The standard InChI is InChI=1S/C32H52N2O4/c1-19-9-14-32(37-18-19)20(2)29-26(38-32)16-25-23-8-7-21-15-22(33-27(35)17-28(36)34(5)6)10-12-30(21,3)24(23)11-13-31(25,29)4/h19-26,29H,7-18H2,1-6H3,(H,33,35)/t19-,20-,21+,22-,23+,24-,25-,26-,29-,30-,31-,32+/m0/s1. The Morgan fingerprint density at radius 3 is 2.39 bits per heavy atom. The number of hydrogen-bond acceptors (Lipinski definition) is 4. The Balaban J connectivity index is 1.12. The van der Waals surface area contributed by atoms with E-state index in [2.05, 4.69) is 33.0 Å². The van der Waals surface area contributed by atoms with Crippen LogP contribution in [0.2, 0.25) is 0 Å². The highest BCUT2D eigenvalue weighted by atomic mass is 16.7. The molecule has 6 aliphatic rings. The molecule has 0 aromatic carbocycles. The summed E-state index contributed by atoms with van der Waals surface area (Å²) in [5, 5.41) is 3.22. The molecule has 4 saturated carbocycles. The summed E-state index contributed by atoms with van der Waals surface area (Å²) in [7, 11) is 3.42. The average molecular weight is 529 g/mol. The van der Waals surface area contributed by atoms with Crippen LogP contribution in [0.25, 0.3) is 0 Å². The van der Waals surface area contributed by atoms with Gasteiger partial charge in [0.2, 0.25) is 11.8 Å². The van der Waals surface area contributed by atoms with Gasteiger partial charge in [0.15, 0.2) is 5.79 Å². The molecule has 0 unspecified atom stereocenters. The lowest BCUT2D eigenvalue weighted by molar-refractivity contribution is -0.273. The first kappa shape index (κ1) is 27.1. The van der Waals surface area contributed by atoms with Crippen molar-refractivity contribution in [1.29, 1.82) is 0 Å². The van der Waals surface area contributed by atoms with Crippen LogP contribution in [-0.4, -0.2) is 55.3 Å². The topological polar surface area (TPSA) is 67.9 Å². The molecular formula is C32H52N2O4. The molecule has 6 fully saturated rings. The van der Waals surface area contributed by atoms with Gasteiger partial charge in [-0.1, -0.05) is 27.7 Å². The van der Waals surface area contributed by atoms with Gasteiger partial charge in [0.05, 0.1) is 12.7 Å². The Morgan fingerprint density at radius 2 is 1.68 bits per heavy atom. The van der Waals surface area contributed by atoms with Crippen molar-refractivity contribution in [2.45, 2.75) is 116 Å². The molecule has 0 radical (unpaired) electrons. The van der Waals surface area contributed by atoms with Crippen LogP contribution < -0.4 is 5.32 Å². The Kier molecular flexibility index (Phi) is 6.74. The Hall–Kier alpha value is -1.14. The third-order valence-corrected chi connectivity index (χ3v) is 13.1. The van der Waals surface area contributed by atoms with Gasteiger partial charge in [-0.25, -0.2) is 0 Å². The lowest BCUT2D eigenvalue weighted by Gasteiger charge is -2.61. The molecule has 2 heterocycles. The van der Waals surface area contributed by atoms with E-state index in [1.54, 1.807) is 14.1 Å². The van der Waals surface area contributed by atoms with Gasteiger partial charge in [-0.2, -0.15) is 0 Å². The highest BCUT2D eigenvalue weighted by molar-refractivity contribution is 5.96. The minimum atomic E-state index is -0.323. The molecule has 38 heavy (non-hydrogen) atoms. The smallest absolute Gasteiger partial charge is 0.231 e. The number of ether oxygens (including phenoxy) is 2. The number of nitrogens with zero attached hydrogens (tertiary/aromatic N) is 1. The monoisotopic (exact) mass is 528 g/mol. The molecule has 6 rings (SSSR count). The second kappa shape index (κ2) is 9.46. The number of carbonyl (C=O) groups is 2. The van der Waals surface area contributed by atoms with Crippen LogP contribution in [0.5, 0.6) is 0 Å². The Labute approximate surface area is 230 Å². The van der Waals surface area contributed by atoms with Gasteiger partial charge in [0, 0.05) is 32.5 Å². The van der Waals surface area contributed by atoms with E-state index in [1.807, 2.05) is 0 Å². The summed E-state index contributed by atoms with van der Waals surface area (Å²) in [5.41, 5.74) is 0.744. The number of nitrogens with one attached hydrogen (secondary N) is 1. The fourth-order valence-electron chi connectivity index (χ4n) is 11.0. The molecule has 4 aliphatic carbocycles. The SMILES string of the molecule is C[C@H]1CC[C@@]2(OC1)O[C@H]1C[C@H]3[C@@H]4CC[C@@H]5C[C@@H](NC(=O)CC(=O)N(C)C)CC[C@]5(C)[C@H]4CC[C@]3(C)[C@H]1[C@@H]2C. The fourth-order valence-corrected chi connectivity index (χ4v) is 11.0. The number of fused-ring (bicyclic) bond motifs is 7. The Bertz CT molecular complexity index is 944. The van der Waals surface area contributed by atoms with E-state index in [-0.39, 0.29) is 30.1 Å². The van der Waals surface area contributed by atoms with Crippen molar-refractivity contribution in [2.75, 3.05) is 20.7 Å². The molecule has 1 spiro atoms. The molecule has 6 heteroatoms. The Morgan fingerprint density at radius 1 is 0.921 bits per heavy atom. The zero-order valence-corrected chi connectivity index (χ0v) is 24.8. The van der Waals surface area contributed by atoms with E-state index in [4.69, 9.17) is 9.47 Å². The van der Waals surface area contributed by atoms with Crippen molar-refractivity contribution in [2.24, 2.45) is 52.3 Å². The highest BCUT2D eigenvalue weighted by Crippen LogP contribution is 2.71. The highest BCUT2D eigenvalue weighted by Gasteiger charge is 2.69. The maximum Gasteiger partial charge on any atom is 0.231 e. The average Bonchev–Trinajstić information content (AvgIpc) is 3.31. The molecule has 6 nitrogen and oxygen atoms in total. The minimum absolute atomic E-state index is 0.0371. The van der Waals surface area contributed by atoms with E-state index >= 15 is 0 Å². The van der Waals surface area contributed by atoms with Crippen molar-refractivity contribution < 1.29 is 19.1 Å². The quantitative estimate of drug-likeness (QED) is 0.499. The van der Waals surface area contributed by atoms with Crippen LogP contribution in [0.3, 0.4) is 0 Å². The molecule has 2 saturated heterocycles. The van der Waals surface area contributed by atoms with Crippen LogP contribution in [-0.2, 0) is 19.1 Å². The number of rotatable bonds is 3. The molecule has 2 amide bonds. The van der Waals surface area contributed by atoms with E-state index in [0.29, 0.717) is 40.6 Å². The fraction of sp³-hybridized carbons (Fsp3) is 0.938. The van der Waals surface area contributed by atoms with E-state index in [9.17, 15) is 9.59 Å². The van der Waals surface area contributed by atoms with Crippen molar-refractivity contribution in [3.63, 3.8) is 0 Å². The van der Waals surface area contributed by atoms with Gasteiger partial charge in [0.1, 0.15) is 6.42 Å². The molecule has 12 atom stereocenters. The summed E-state index contributed by atoms with van der Waals surface area (Å²) in [4.78, 5) is 26.0. The minimum Gasteiger partial charge on any atom is -0.353 e. The first-order chi connectivity index (χ1) is 18.0. The summed E-state index contributed by atoms with van der Waals surface area (Å²) >= 11 is 0. The largest absolute Gasteiger partial charge is 0.353 e. The normalized spacial score (nSPS) is 51.5. The summed E-state index contributed by atoms with van der Waals surface area (Å²) in [6, 6.07) is 0.218.